The van der Waals surface area contributed by atoms with E-state index in [1.165, 1.54) is 10.9 Å². The molecule has 1 aliphatic heterocycles. The number of ether oxygens (including phenoxy) is 1. The molecule has 1 aliphatic rings. The fourth-order valence-electron chi connectivity index (χ4n) is 2.56. The SMILES string of the molecule is Cn1ccc2ccc(OCCN3CCNCC3)cc21. The normalized spacial score (nSPS) is 16.9. The summed E-state index contributed by atoms with van der Waals surface area (Å²) in [5.41, 5.74) is 1.22. The lowest BCUT2D eigenvalue weighted by Gasteiger charge is -2.26. The number of hydrogen-bond donors (Lipinski definition) is 1. The molecule has 2 aromatic rings. The Morgan fingerprint density at radius 3 is 2.89 bits per heavy atom. The molecule has 1 saturated heterocycles. The van der Waals surface area contributed by atoms with Crippen LogP contribution in [0.3, 0.4) is 0 Å². The second kappa shape index (κ2) is 5.63. The van der Waals surface area contributed by atoms with Gasteiger partial charge in [0, 0.05) is 52.0 Å². The van der Waals surface area contributed by atoms with Crippen LogP contribution in [0, 0.1) is 0 Å². The average Bonchev–Trinajstić information content (AvgIpc) is 2.82. The lowest BCUT2D eigenvalue weighted by Crippen LogP contribution is -2.44. The van der Waals surface area contributed by atoms with Crippen molar-refractivity contribution in [2.45, 2.75) is 0 Å². The fourth-order valence-corrected chi connectivity index (χ4v) is 2.56. The highest BCUT2D eigenvalue weighted by molar-refractivity contribution is 5.81. The molecule has 2 heterocycles. The summed E-state index contributed by atoms with van der Waals surface area (Å²) in [6.45, 7) is 6.20. The van der Waals surface area contributed by atoms with E-state index in [9.17, 15) is 0 Å². The maximum atomic E-state index is 5.87. The van der Waals surface area contributed by atoms with Crippen LogP contribution >= 0.6 is 0 Å². The topological polar surface area (TPSA) is 29.4 Å². The molecule has 0 unspecified atom stereocenters. The fraction of sp³-hybridized carbons (Fsp3) is 0.467. The Kier molecular flexibility index (Phi) is 3.71. The Morgan fingerprint density at radius 1 is 1.21 bits per heavy atom. The van der Waals surface area contributed by atoms with Gasteiger partial charge in [-0.05, 0) is 23.6 Å². The summed E-state index contributed by atoms with van der Waals surface area (Å²) in [5, 5.41) is 4.62. The molecular weight excluding hydrogens is 238 g/mol. The second-order valence-corrected chi connectivity index (χ2v) is 5.09. The largest absolute Gasteiger partial charge is 0.492 e. The van der Waals surface area contributed by atoms with Crippen LogP contribution in [0.1, 0.15) is 0 Å². The molecule has 102 valence electrons. The highest BCUT2D eigenvalue weighted by atomic mass is 16.5. The molecule has 1 N–H and O–H groups in total. The summed E-state index contributed by atoms with van der Waals surface area (Å²) >= 11 is 0. The Morgan fingerprint density at radius 2 is 2.05 bits per heavy atom. The van der Waals surface area contributed by atoms with Gasteiger partial charge in [-0.25, -0.2) is 0 Å². The van der Waals surface area contributed by atoms with Gasteiger partial charge in [-0.1, -0.05) is 0 Å². The molecule has 4 nitrogen and oxygen atoms in total. The minimum Gasteiger partial charge on any atom is -0.492 e. The minimum absolute atomic E-state index is 0.760. The van der Waals surface area contributed by atoms with Crippen molar-refractivity contribution in [3.63, 3.8) is 0 Å². The van der Waals surface area contributed by atoms with Gasteiger partial charge in [-0.3, -0.25) is 4.90 Å². The zero-order valence-electron chi connectivity index (χ0n) is 11.4. The van der Waals surface area contributed by atoms with Crippen molar-refractivity contribution < 1.29 is 4.74 Å². The van der Waals surface area contributed by atoms with Gasteiger partial charge in [-0.15, -0.1) is 0 Å². The maximum absolute atomic E-state index is 5.87. The summed E-state index contributed by atoms with van der Waals surface area (Å²) in [6, 6.07) is 8.42. The Labute approximate surface area is 114 Å². The predicted octanol–water partition coefficient (Wildman–Crippen LogP) is 1.46. The number of aryl methyl sites for hydroxylation is 1. The van der Waals surface area contributed by atoms with E-state index in [1.807, 2.05) is 0 Å². The number of benzene rings is 1. The molecular formula is C15H21N3O. The monoisotopic (exact) mass is 259 g/mol. The van der Waals surface area contributed by atoms with Gasteiger partial charge in [0.15, 0.2) is 0 Å². The molecule has 1 aromatic heterocycles. The summed E-state index contributed by atoms with van der Waals surface area (Å²) in [4.78, 5) is 2.44. The molecule has 0 aliphatic carbocycles. The van der Waals surface area contributed by atoms with Crippen LogP contribution in [0.4, 0.5) is 0 Å². The zero-order valence-corrected chi connectivity index (χ0v) is 11.4. The third kappa shape index (κ3) is 2.91. The molecule has 1 fully saturated rings. The van der Waals surface area contributed by atoms with E-state index in [0.29, 0.717) is 0 Å². The van der Waals surface area contributed by atoms with Crippen LogP contribution in [0.2, 0.25) is 0 Å². The van der Waals surface area contributed by atoms with E-state index in [0.717, 1.165) is 45.1 Å². The molecule has 0 bridgehead atoms. The van der Waals surface area contributed by atoms with Crippen LogP contribution in [0.5, 0.6) is 5.75 Å². The van der Waals surface area contributed by atoms with E-state index >= 15 is 0 Å². The first kappa shape index (κ1) is 12.5. The second-order valence-electron chi connectivity index (χ2n) is 5.09. The van der Waals surface area contributed by atoms with Crippen molar-refractivity contribution >= 4 is 10.9 Å². The Bertz CT molecular complexity index is 543. The molecule has 1 aromatic carbocycles. The minimum atomic E-state index is 0.760. The maximum Gasteiger partial charge on any atom is 0.121 e. The first-order valence-electron chi connectivity index (χ1n) is 6.94. The van der Waals surface area contributed by atoms with Gasteiger partial charge in [0.05, 0.1) is 5.52 Å². The molecule has 0 atom stereocenters. The third-order valence-electron chi connectivity index (χ3n) is 3.75. The van der Waals surface area contributed by atoms with Gasteiger partial charge < -0.3 is 14.6 Å². The van der Waals surface area contributed by atoms with Crippen LogP contribution in [0.15, 0.2) is 30.5 Å². The van der Waals surface area contributed by atoms with E-state index in [-0.39, 0.29) is 0 Å². The smallest absolute Gasteiger partial charge is 0.121 e. The van der Waals surface area contributed by atoms with Crippen molar-refractivity contribution in [1.29, 1.82) is 0 Å². The van der Waals surface area contributed by atoms with Crippen LogP contribution in [-0.2, 0) is 7.05 Å². The lowest BCUT2D eigenvalue weighted by atomic mass is 10.2. The number of fused-ring (bicyclic) bond motifs is 1. The molecule has 0 saturated carbocycles. The van der Waals surface area contributed by atoms with Crippen molar-refractivity contribution in [3.05, 3.63) is 30.5 Å². The number of rotatable bonds is 4. The van der Waals surface area contributed by atoms with E-state index in [4.69, 9.17) is 4.74 Å². The van der Waals surface area contributed by atoms with Crippen molar-refractivity contribution in [3.8, 4) is 5.75 Å². The van der Waals surface area contributed by atoms with Crippen molar-refractivity contribution in [2.75, 3.05) is 39.3 Å². The lowest BCUT2D eigenvalue weighted by molar-refractivity contribution is 0.191. The van der Waals surface area contributed by atoms with Crippen molar-refractivity contribution in [2.24, 2.45) is 7.05 Å². The number of piperazine rings is 1. The average molecular weight is 259 g/mol. The summed E-state index contributed by atoms with van der Waals surface area (Å²) in [5.74, 6) is 0.962. The number of aromatic nitrogens is 1. The first-order valence-corrected chi connectivity index (χ1v) is 6.94. The van der Waals surface area contributed by atoms with Gasteiger partial charge in [0.1, 0.15) is 12.4 Å². The van der Waals surface area contributed by atoms with Crippen molar-refractivity contribution in [1.82, 2.24) is 14.8 Å². The number of hydrogen-bond acceptors (Lipinski definition) is 3. The Hall–Kier alpha value is -1.52. The highest BCUT2D eigenvalue weighted by Crippen LogP contribution is 2.21. The predicted molar refractivity (Wildman–Crippen MR) is 77.7 cm³/mol. The van der Waals surface area contributed by atoms with Gasteiger partial charge in [0.25, 0.3) is 0 Å². The molecule has 0 radical (unpaired) electrons. The van der Waals surface area contributed by atoms with Gasteiger partial charge in [-0.2, -0.15) is 0 Å². The molecule has 4 heteroatoms. The summed E-state index contributed by atoms with van der Waals surface area (Å²) in [7, 11) is 2.06. The van der Waals surface area contributed by atoms with E-state index in [1.54, 1.807) is 0 Å². The molecule has 0 amide bonds. The summed E-state index contributed by atoms with van der Waals surface area (Å²) in [6.07, 6.45) is 2.08. The Balaban J connectivity index is 1.57. The van der Waals surface area contributed by atoms with Crippen LogP contribution < -0.4 is 10.1 Å². The number of nitrogens with zero attached hydrogens (tertiary/aromatic N) is 2. The third-order valence-corrected chi connectivity index (χ3v) is 3.75. The standard InChI is InChI=1S/C15H21N3O/c1-17-7-4-13-2-3-14(12-15(13)17)19-11-10-18-8-5-16-6-9-18/h2-4,7,12,16H,5-6,8-11H2,1H3. The van der Waals surface area contributed by atoms with Gasteiger partial charge >= 0.3 is 0 Å². The van der Waals surface area contributed by atoms with E-state index in [2.05, 4.69) is 52.3 Å². The molecule has 3 rings (SSSR count). The molecule has 0 spiro atoms. The quantitative estimate of drug-likeness (QED) is 0.901. The molecule has 19 heavy (non-hydrogen) atoms. The number of nitrogens with one attached hydrogen (secondary N) is 1. The van der Waals surface area contributed by atoms with Crippen LogP contribution in [0.25, 0.3) is 10.9 Å². The van der Waals surface area contributed by atoms with E-state index < -0.39 is 0 Å². The zero-order chi connectivity index (χ0) is 13.1. The highest BCUT2D eigenvalue weighted by Gasteiger charge is 2.09. The van der Waals surface area contributed by atoms with Gasteiger partial charge in [0.2, 0.25) is 0 Å². The summed E-state index contributed by atoms with van der Waals surface area (Å²) < 4.78 is 7.99. The first-order chi connectivity index (χ1) is 9.33. The van der Waals surface area contributed by atoms with Crippen LogP contribution in [-0.4, -0.2) is 48.8 Å².